The molecule has 0 atom stereocenters. The van der Waals surface area contributed by atoms with Crippen molar-refractivity contribution < 1.29 is 4.79 Å². The Morgan fingerprint density at radius 1 is 1.25 bits per heavy atom. The van der Waals surface area contributed by atoms with Gasteiger partial charge >= 0.3 is 0 Å². The Morgan fingerprint density at radius 2 is 1.95 bits per heavy atom. The highest BCUT2D eigenvalue weighted by atomic mass is 32.2. The van der Waals surface area contributed by atoms with Crippen LogP contribution in [0.1, 0.15) is 12.5 Å². The van der Waals surface area contributed by atoms with Gasteiger partial charge in [-0.1, -0.05) is 11.8 Å². The highest BCUT2D eigenvalue weighted by molar-refractivity contribution is 7.99. The molecule has 100 valence electrons. The van der Waals surface area contributed by atoms with Crippen LogP contribution in [0.4, 0.5) is 11.4 Å². The Bertz CT molecular complexity index is 675. The van der Waals surface area contributed by atoms with Crippen molar-refractivity contribution in [2.24, 2.45) is 0 Å². The third-order valence-electron chi connectivity index (χ3n) is 2.53. The second kappa shape index (κ2) is 6.13. The fourth-order valence-electron chi connectivity index (χ4n) is 1.66. The quantitative estimate of drug-likeness (QED) is 0.847. The summed E-state index contributed by atoms with van der Waals surface area (Å²) in [4.78, 5) is 12.8. The van der Waals surface area contributed by atoms with E-state index in [1.807, 2.05) is 30.3 Å². The van der Waals surface area contributed by atoms with Crippen LogP contribution in [-0.4, -0.2) is 5.91 Å². The molecule has 0 bridgehead atoms. The van der Waals surface area contributed by atoms with Gasteiger partial charge in [-0.05, 0) is 42.5 Å². The standard InChI is InChI=1S/C15H13N3OS/c1-10(19)18-13-3-5-14(6-4-13)20-15-7-2-12(17)8-11(15)9-16/h2-8H,17H2,1H3,(H,18,19). The first-order valence-electron chi connectivity index (χ1n) is 5.93. The Morgan fingerprint density at radius 3 is 2.55 bits per heavy atom. The summed E-state index contributed by atoms with van der Waals surface area (Å²) >= 11 is 1.48. The number of nitriles is 1. The second-order valence-electron chi connectivity index (χ2n) is 4.18. The van der Waals surface area contributed by atoms with Crippen molar-refractivity contribution in [3.8, 4) is 6.07 Å². The van der Waals surface area contributed by atoms with E-state index in [1.165, 1.54) is 18.7 Å². The molecule has 1 amide bonds. The Labute approximate surface area is 121 Å². The van der Waals surface area contributed by atoms with E-state index in [9.17, 15) is 4.79 Å². The summed E-state index contributed by atoms with van der Waals surface area (Å²) in [6.45, 7) is 1.47. The van der Waals surface area contributed by atoms with Gasteiger partial charge in [-0.3, -0.25) is 4.79 Å². The summed E-state index contributed by atoms with van der Waals surface area (Å²) in [6, 6.07) is 14.8. The lowest BCUT2D eigenvalue weighted by molar-refractivity contribution is -0.114. The number of benzene rings is 2. The number of hydrogen-bond acceptors (Lipinski definition) is 4. The van der Waals surface area contributed by atoms with Crippen molar-refractivity contribution >= 4 is 29.0 Å². The van der Waals surface area contributed by atoms with Crippen LogP contribution in [0.25, 0.3) is 0 Å². The monoisotopic (exact) mass is 283 g/mol. The average Bonchev–Trinajstić information content (AvgIpc) is 2.42. The van der Waals surface area contributed by atoms with Crippen LogP contribution in [0.2, 0.25) is 0 Å². The van der Waals surface area contributed by atoms with Gasteiger partial charge < -0.3 is 11.1 Å². The molecule has 2 rings (SSSR count). The third-order valence-corrected chi connectivity index (χ3v) is 3.61. The minimum absolute atomic E-state index is 0.101. The van der Waals surface area contributed by atoms with Crippen molar-refractivity contribution in [3.63, 3.8) is 0 Å². The third kappa shape index (κ3) is 3.53. The smallest absolute Gasteiger partial charge is 0.221 e. The van der Waals surface area contributed by atoms with Gasteiger partial charge in [0.15, 0.2) is 0 Å². The number of nitrogen functional groups attached to an aromatic ring is 1. The molecule has 0 radical (unpaired) electrons. The summed E-state index contributed by atoms with van der Waals surface area (Å²) in [6.07, 6.45) is 0. The molecule has 0 saturated carbocycles. The largest absolute Gasteiger partial charge is 0.399 e. The number of rotatable bonds is 3. The van der Waals surface area contributed by atoms with Crippen molar-refractivity contribution in [3.05, 3.63) is 48.0 Å². The molecule has 0 saturated heterocycles. The van der Waals surface area contributed by atoms with E-state index in [0.717, 1.165) is 15.5 Å². The molecule has 0 aliphatic rings. The van der Waals surface area contributed by atoms with E-state index < -0.39 is 0 Å². The van der Waals surface area contributed by atoms with E-state index in [4.69, 9.17) is 11.0 Å². The fourth-order valence-corrected chi connectivity index (χ4v) is 2.54. The lowest BCUT2D eigenvalue weighted by Gasteiger charge is -2.06. The number of hydrogen-bond donors (Lipinski definition) is 2. The summed E-state index contributed by atoms with van der Waals surface area (Å²) in [7, 11) is 0. The SMILES string of the molecule is CC(=O)Nc1ccc(Sc2ccc(N)cc2C#N)cc1. The summed E-state index contributed by atoms with van der Waals surface area (Å²) in [5, 5.41) is 11.8. The molecule has 0 heterocycles. The normalized spacial score (nSPS) is 9.80. The molecule has 4 nitrogen and oxygen atoms in total. The van der Waals surface area contributed by atoms with Crippen LogP contribution in [0, 0.1) is 11.3 Å². The summed E-state index contributed by atoms with van der Waals surface area (Å²) in [5.74, 6) is -0.101. The van der Waals surface area contributed by atoms with Crippen molar-refractivity contribution in [1.82, 2.24) is 0 Å². The van der Waals surface area contributed by atoms with Gasteiger partial charge in [-0.2, -0.15) is 5.26 Å². The molecule has 0 aromatic heterocycles. The number of nitrogens with two attached hydrogens (primary N) is 1. The van der Waals surface area contributed by atoms with Crippen LogP contribution in [-0.2, 0) is 4.79 Å². The number of carbonyl (C=O) groups is 1. The van der Waals surface area contributed by atoms with Gasteiger partial charge in [0.1, 0.15) is 6.07 Å². The number of carbonyl (C=O) groups excluding carboxylic acids is 1. The van der Waals surface area contributed by atoms with Gasteiger partial charge in [0, 0.05) is 28.1 Å². The molecule has 5 heteroatoms. The van der Waals surface area contributed by atoms with Crippen LogP contribution in [0.5, 0.6) is 0 Å². The lowest BCUT2D eigenvalue weighted by atomic mass is 10.2. The van der Waals surface area contributed by atoms with Crippen molar-refractivity contribution in [2.45, 2.75) is 16.7 Å². The van der Waals surface area contributed by atoms with Crippen molar-refractivity contribution in [1.29, 1.82) is 5.26 Å². The molecule has 2 aromatic rings. The van der Waals surface area contributed by atoms with Crippen LogP contribution >= 0.6 is 11.8 Å². The van der Waals surface area contributed by atoms with Crippen LogP contribution in [0.3, 0.4) is 0 Å². The molecular formula is C15H13N3OS. The number of nitrogens with zero attached hydrogens (tertiary/aromatic N) is 1. The molecule has 0 fully saturated rings. The summed E-state index contributed by atoms with van der Waals surface area (Å²) < 4.78 is 0. The molecule has 3 N–H and O–H groups in total. The van der Waals surface area contributed by atoms with E-state index in [-0.39, 0.29) is 5.91 Å². The second-order valence-corrected chi connectivity index (χ2v) is 5.29. The number of anilines is 2. The van der Waals surface area contributed by atoms with Gasteiger partial charge in [0.05, 0.1) is 5.56 Å². The maximum absolute atomic E-state index is 10.9. The molecule has 0 spiro atoms. The highest BCUT2D eigenvalue weighted by Crippen LogP contribution is 2.31. The molecule has 0 aliphatic carbocycles. The number of nitrogens with one attached hydrogen (secondary N) is 1. The van der Waals surface area contributed by atoms with Crippen LogP contribution < -0.4 is 11.1 Å². The van der Waals surface area contributed by atoms with Gasteiger partial charge in [-0.15, -0.1) is 0 Å². The molecule has 0 aliphatic heterocycles. The Kier molecular flexibility index (Phi) is 4.28. The van der Waals surface area contributed by atoms with E-state index >= 15 is 0 Å². The number of amides is 1. The summed E-state index contributed by atoms with van der Waals surface area (Å²) in [5.41, 5.74) is 7.54. The van der Waals surface area contributed by atoms with Crippen LogP contribution in [0.15, 0.2) is 52.3 Å². The zero-order chi connectivity index (χ0) is 14.5. The fraction of sp³-hybridized carbons (Fsp3) is 0.0667. The first kappa shape index (κ1) is 14.0. The van der Waals surface area contributed by atoms with Gasteiger partial charge in [-0.25, -0.2) is 0 Å². The zero-order valence-corrected chi connectivity index (χ0v) is 11.7. The molecular weight excluding hydrogens is 270 g/mol. The lowest BCUT2D eigenvalue weighted by Crippen LogP contribution is -2.05. The van der Waals surface area contributed by atoms with Crippen molar-refractivity contribution in [2.75, 3.05) is 11.1 Å². The van der Waals surface area contributed by atoms with E-state index in [1.54, 1.807) is 12.1 Å². The minimum Gasteiger partial charge on any atom is -0.399 e. The first-order chi connectivity index (χ1) is 9.58. The highest BCUT2D eigenvalue weighted by Gasteiger charge is 2.05. The van der Waals surface area contributed by atoms with E-state index in [2.05, 4.69) is 11.4 Å². The zero-order valence-electron chi connectivity index (χ0n) is 10.9. The predicted octanol–water partition coefficient (Wildman–Crippen LogP) is 3.25. The first-order valence-corrected chi connectivity index (χ1v) is 6.75. The maximum atomic E-state index is 10.9. The maximum Gasteiger partial charge on any atom is 0.221 e. The minimum atomic E-state index is -0.101. The average molecular weight is 283 g/mol. The molecule has 20 heavy (non-hydrogen) atoms. The molecule has 0 unspecified atom stereocenters. The van der Waals surface area contributed by atoms with Gasteiger partial charge in [0.25, 0.3) is 0 Å². The Balaban J connectivity index is 2.18. The topological polar surface area (TPSA) is 78.9 Å². The Hall–Kier alpha value is -2.45. The predicted molar refractivity (Wildman–Crippen MR) is 80.4 cm³/mol. The van der Waals surface area contributed by atoms with E-state index in [0.29, 0.717) is 11.3 Å². The van der Waals surface area contributed by atoms with Gasteiger partial charge in [0.2, 0.25) is 5.91 Å². The molecule has 2 aromatic carbocycles.